The van der Waals surface area contributed by atoms with Gasteiger partial charge in [-0.15, -0.1) is 0 Å². The van der Waals surface area contributed by atoms with Crippen molar-refractivity contribution in [3.63, 3.8) is 0 Å². The van der Waals surface area contributed by atoms with E-state index in [9.17, 15) is 4.79 Å². The zero-order chi connectivity index (χ0) is 20.4. The van der Waals surface area contributed by atoms with Gasteiger partial charge in [-0.1, -0.05) is 24.3 Å². The summed E-state index contributed by atoms with van der Waals surface area (Å²) in [7, 11) is 0. The number of benzene rings is 2. The predicted octanol–water partition coefficient (Wildman–Crippen LogP) is 5.51. The van der Waals surface area contributed by atoms with Crippen molar-refractivity contribution >= 4 is 17.2 Å². The molecule has 0 radical (unpaired) electrons. The fourth-order valence-corrected chi connectivity index (χ4v) is 3.62. The maximum atomic E-state index is 12.3. The molecular weight excluding hydrogens is 344 g/mol. The molecule has 0 N–H and O–H groups in total. The number of rotatable bonds is 12. The smallest absolute Gasteiger partial charge is 0.133 e. The molecule has 0 bridgehead atoms. The van der Waals surface area contributed by atoms with E-state index in [-0.39, 0.29) is 0 Å². The van der Waals surface area contributed by atoms with E-state index in [1.165, 1.54) is 22.5 Å². The van der Waals surface area contributed by atoms with E-state index in [2.05, 4.69) is 86.0 Å². The van der Waals surface area contributed by atoms with Crippen LogP contribution in [0, 0.1) is 0 Å². The van der Waals surface area contributed by atoms with Crippen LogP contribution in [0.5, 0.6) is 0 Å². The second-order valence-corrected chi connectivity index (χ2v) is 7.22. The summed E-state index contributed by atoms with van der Waals surface area (Å²) < 4.78 is 0. The van der Waals surface area contributed by atoms with Gasteiger partial charge in [0.2, 0.25) is 0 Å². The first kappa shape index (κ1) is 22.0. The van der Waals surface area contributed by atoms with Gasteiger partial charge in [0, 0.05) is 50.4 Å². The number of carbonyl (C=O) groups excluding carboxylic acids is 1. The first-order valence-electron chi connectivity index (χ1n) is 10.8. The summed E-state index contributed by atoms with van der Waals surface area (Å²) in [5.41, 5.74) is 5.00. The topological polar surface area (TPSA) is 23.6 Å². The Bertz CT molecular complexity index is 637. The molecule has 2 rings (SSSR count). The Kier molecular flexibility index (Phi) is 9.06. The lowest BCUT2D eigenvalue weighted by Gasteiger charge is -2.21. The number of Topliss-reactive ketones (excluding diaryl/α,β-unsaturated/α-hetero) is 1. The van der Waals surface area contributed by atoms with Crippen molar-refractivity contribution in [2.24, 2.45) is 0 Å². The molecule has 3 heteroatoms. The van der Waals surface area contributed by atoms with E-state index >= 15 is 0 Å². The zero-order valence-electron chi connectivity index (χ0n) is 18.1. The molecule has 152 valence electrons. The van der Waals surface area contributed by atoms with E-state index in [1.807, 2.05) is 0 Å². The van der Waals surface area contributed by atoms with Crippen molar-refractivity contribution in [3.8, 4) is 0 Å². The minimum atomic E-state index is 0.348. The van der Waals surface area contributed by atoms with Crippen LogP contribution in [0.3, 0.4) is 0 Å². The first-order valence-corrected chi connectivity index (χ1v) is 10.8. The SMILES string of the molecule is CCN(CC)c1ccc(CCC(=O)CCc2ccc(N(CC)CC)cc2)cc1. The molecule has 0 aliphatic carbocycles. The van der Waals surface area contributed by atoms with E-state index in [4.69, 9.17) is 0 Å². The van der Waals surface area contributed by atoms with Crippen molar-refractivity contribution in [2.45, 2.75) is 53.4 Å². The number of hydrogen-bond donors (Lipinski definition) is 0. The highest BCUT2D eigenvalue weighted by atomic mass is 16.1. The standard InChI is InChI=1S/C25H36N2O/c1-5-26(6-2)23-15-9-21(10-16-23)13-19-25(28)20-14-22-11-17-24(18-12-22)27(7-3)8-4/h9-12,15-18H,5-8,13-14,19-20H2,1-4H3. The Morgan fingerprint density at radius 3 is 1.21 bits per heavy atom. The molecule has 28 heavy (non-hydrogen) atoms. The number of aryl methyl sites for hydroxylation is 2. The van der Waals surface area contributed by atoms with Gasteiger partial charge in [0.05, 0.1) is 0 Å². The average Bonchev–Trinajstić information content (AvgIpc) is 2.74. The van der Waals surface area contributed by atoms with Gasteiger partial charge in [-0.05, 0) is 75.9 Å². The molecule has 2 aromatic carbocycles. The molecule has 0 amide bonds. The van der Waals surface area contributed by atoms with Gasteiger partial charge in [-0.3, -0.25) is 4.79 Å². The number of carbonyl (C=O) groups is 1. The predicted molar refractivity (Wildman–Crippen MR) is 122 cm³/mol. The molecule has 0 fully saturated rings. The van der Waals surface area contributed by atoms with Gasteiger partial charge in [0.15, 0.2) is 0 Å². The quantitative estimate of drug-likeness (QED) is 0.485. The van der Waals surface area contributed by atoms with Crippen LogP contribution in [0.25, 0.3) is 0 Å². The molecule has 0 aliphatic heterocycles. The molecule has 0 saturated carbocycles. The van der Waals surface area contributed by atoms with Gasteiger partial charge in [-0.2, -0.15) is 0 Å². The van der Waals surface area contributed by atoms with Crippen LogP contribution in [0.2, 0.25) is 0 Å². The van der Waals surface area contributed by atoms with Crippen molar-refractivity contribution in [3.05, 3.63) is 59.7 Å². The molecule has 0 unspecified atom stereocenters. The molecule has 0 atom stereocenters. The minimum Gasteiger partial charge on any atom is -0.372 e. The third kappa shape index (κ3) is 6.40. The van der Waals surface area contributed by atoms with E-state index < -0.39 is 0 Å². The summed E-state index contributed by atoms with van der Waals surface area (Å²) in [5.74, 6) is 0.348. The average molecular weight is 381 g/mol. The Balaban J connectivity index is 1.78. The summed E-state index contributed by atoms with van der Waals surface area (Å²) in [6.07, 6.45) is 2.92. The maximum absolute atomic E-state index is 12.3. The highest BCUT2D eigenvalue weighted by Gasteiger charge is 2.06. The highest BCUT2D eigenvalue weighted by molar-refractivity contribution is 5.78. The molecule has 0 saturated heterocycles. The number of nitrogens with zero attached hydrogens (tertiary/aromatic N) is 2. The Hall–Kier alpha value is -2.29. The molecular formula is C25H36N2O. The van der Waals surface area contributed by atoms with Crippen LogP contribution < -0.4 is 9.80 Å². The summed E-state index contributed by atoms with van der Waals surface area (Å²) in [5, 5.41) is 0. The van der Waals surface area contributed by atoms with Crippen molar-refractivity contribution in [1.29, 1.82) is 0 Å². The third-order valence-electron chi connectivity index (χ3n) is 5.51. The summed E-state index contributed by atoms with van der Waals surface area (Å²) in [6.45, 7) is 12.8. The fraction of sp³-hybridized carbons (Fsp3) is 0.480. The Morgan fingerprint density at radius 1 is 0.607 bits per heavy atom. The maximum Gasteiger partial charge on any atom is 0.133 e. The number of ketones is 1. The number of hydrogen-bond acceptors (Lipinski definition) is 3. The summed E-state index contributed by atoms with van der Waals surface area (Å²) >= 11 is 0. The Labute approximate surface area is 171 Å². The molecule has 3 nitrogen and oxygen atoms in total. The van der Waals surface area contributed by atoms with Crippen LogP contribution >= 0.6 is 0 Å². The lowest BCUT2D eigenvalue weighted by atomic mass is 10.0. The minimum absolute atomic E-state index is 0.348. The van der Waals surface area contributed by atoms with Gasteiger partial charge in [0.25, 0.3) is 0 Å². The first-order chi connectivity index (χ1) is 13.6. The van der Waals surface area contributed by atoms with Crippen molar-refractivity contribution < 1.29 is 4.79 Å². The van der Waals surface area contributed by atoms with Gasteiger partial charge in [-0.25, -0.2) is 0 Å². The number of anilines is 2. The largest absolute Gasteiger partial charge is 0.372 e. The van der Waals surface area contributed by atoms with E-state index in [0.29, 0.717) is 18.6 Å². The molecule has 0 spiro atoms. The van der Waals surface area contributed by atoms with Crippen LogP contribution in [-0.4, -0.2) is 32.0 Å². The summed E-state index contributed by atoms with van der Waals surface area (Å²) in [4.78, 5) is 17.0. The fourth-order valence-electron chi connectivity index (χ4n) is 3.62. The van der Waals surface area contributed by atoms with Crippen LogP contribution in [-0.2, 0) is 17.6 Å². The lowest BCUT2D eigenvalue weighted by molar-refractivity contribution is -0.119. The molecule has 2 aromatic rings. The lowest BCUT2D eigenvalue weighted by Crippen LogP contribution is -2.21. The van der Waals surface area contributed by atoms with Crippen LogP contribution in [0.15, 0.2) is 48.5 Å². The van der Waals surface area contributed by atoms with E-state index in [0.717, 1.165) is 39.0 Å². The van der Waals surface area contributed by atoms with Crippen LogP contribution in [0.1, 0.15) is 51.7 Å². The van der Waals surface area contributed by atoms with Crippen molar-refractivity contribution in [2.75, 3.05) is 36.0 Å². The second-order valence-electron chi connectivity index (χ2n) is 7.22. The molecule has 0 heterocycles. The second kappa shape index (κ2) is 11.5. The van der Waals surface area contributed by atoms with E-state index in [1.54, 1.807) is 0 Å². The monoisotopic (exact) mass is 380 g/mol. The molecule has 0 aromatic heterocycles. The Morgan fingerprint density at radius 2 is 0.929 bits per heavy atom. The van der Waals surface area contributed by atoms with Crippen molar-refractivity contribution in [1.82, 2.24) is 0 Å². The zero-order valence-corrected chi connectivity index (χ0v) is 18.1. The normalized spacial score (nSPS) is 10.7. The van der Waals surface area contributed by atoms with Gasteiger partial charge < -0.3 is 9.80 Å². The van der Waals surface area contributed by atoms with Gasteiger partial charge >= 0.3 is 0 Å². The molecule has 0 aliphatic rings. The summed E-state index contributed by atoms with van der Waals surface area (Å²) in [6, 6.07) is 17.3. The third-order valence-corrected chi connectivity index (χ3v) is 5.51. The van der Waals surface area contributed by atoms with Gasteiger partial charge in [0.1, 0.15) is 5.78 Å². The highest BCUT2D eigenvalue weighted by Crippen LogP contribution is 2.18. The van der Waals surface area contributed by atoms with Crippen LogP contribution in [0.4, 0.5) is 11.4 Å².